The Morgan fingerprint density at radius 2 is 1.90 bits per heavy atom. The van der Waals surface area contributed by atoms with Gasteiger partial charge in [0.2, 0.25) is 0 Å². The molecule has 0 aliphatic carbocycles. The van der Waals surface area contributed by atoms with Crippen LogP contribution in [0.5, 0.6) is 0 Å². The Balaban J connectivity index is 1.97. The van der Waals surface area contributed by atoms with Crippen LogP contribution in [0, 0.1) is 0 Å². The highest BCUT2D eigenvalue weighted by Gasteiger charge is 1.99. The molecule has 1 N–H and O–H groups in total. The molecule has 0 saturated carbocycles. The van der Waals surface area contributed by atoms with Gasteiger partial charge in [-0.2, -0.15) is 5.10 Å². The van der Waals surface area contributed by atoms with Crippen LogP contribution in [0.4, 0.5) is 5.69 Å². The maximum absolute atomic E-state index is 5.44. The number of aromatic nitrogens is 1. The molecular formula is C15H18ClN4+. The van der Waals surface area contributed by atoms with Crippen molar-refractivity contribution in [3.63, 3.8) is 0 Å². The van der Waals surface area contributed by atoms with E-state index in [1.54, 1.807) is 0 Å². The minimum Gasteiger partial charge on any atom is -0.269 e. The number of rotatable bonds is 6. The number of halogens is 1. The van der Waals surface area contributed by atoms with Gasteiger partial charge in [-0.1, -0.05) is 18.2 Å². The van der Waals surface area contributed by atoms with Crippen molar-refractivity contribution in [2.24, 2.45) is 5.10 Å². The predicted octanol–water partition coefficient (Wildman–Crippen LogP) is 2.19. The van der Waals surface area contributed by atoms with E-state index >= 15 is 0 Å². The first-order valence-corrected chi connectivity index (χ1v) is 6.83. The van der Waals surface area contributed by atoms with Crippen molar-refractivity contribution in [1.82, 2.24) is 4.84 Å². The molecule has 0 bridgehead atoms. The summed E-state index contributed by atoms with van der Waals surface area (Å²) < 4.78 is 2.06. The van der Waals surface area contributed by atoms with Crippen molar-refractivity contribution in [2.75, 3.05) is 18.6 Å². The van der Waals surface area contributed by atoms with Crippen molar-refractivity contribution >= 4 is 23.7 Å². The van der Waals surface area contributed by atoms with E-state index in [4.69, 9.17) is 11.8 Å². The molecule has 0 unspecified atom stereocenters. The molecule has 4 nitrogen and oxygen atoms in total. The van der Waals surface area contributed by atoms with E-state index in [2.05, 4.69) is 14.5 Å². The molecule has 1 heterocycles. The van der Waals surface area contributed by atoms with E-state index in [0.29, 0.717) is 0 Å². The van der Waals surface area contributed by atoms with Crippen LogP contribution in [-0.2, 0) is 6.54 Å². The van der Waals surface area contributed by atoms with Crippen LogP contribution in [0.15, 0.2) is 60.0 Å². The van der Waals surface area contributed by atoms with Crippen molar-refractivity contribution in [3.8, 4) is 0 Å². The number of para-hydroxylation sites is 1. The third kappa shape index (κ3) is 4.33. The zero-order valence-corrected chi connectivity index (χ0v) is 12.2. The van der Waals surface area contributed by atoms with E-state index in [-0.39, 0.29) is 0 Å². The monoisotopic (exact) mass is 289 g/mol. The summed E-state index contributed by atoms with van der Waals surface area (Å²) in [6, 6.07) is 14.1. The van der Waals surface area contributed by atoms with Crippen LogP contribution in [0.25, 0.3) is 0 Å². The van der Waals surface area contributed by atoms with E-state index in [0.717, 1.165) is 24.3 Å². The Morgan fingerprint density at radius 3 is 2.55 bits per heavy atom. The minimum atomic E-state index is 0.733. The molecule has 0 aliphatic heterocycles. The molecule has 1 aromatic heterocycles. The number of hydrogen-bond acceptors (Lipinski definition) is 3. The van der Waals surface area contributed by atoms with Crippen LogP contribution in [-0.4, -0.2) is 19.8 Å². The Bertz CT molecular complexity index is 540. The van der Waals surface area contributed by atoms with Gasteiger partial charge in [0.15, 0.2) is 18.9 Å². The zero-order valence-electron chi connectivity index (χ0n) is 11.4. The first-order chi connectivity index (χ1) is 9.79. The highest BCUT2D eigenvalue weighted by atomic mass is 35.5. The van der Waals surface area contributed by atoms with Crippen LogP contribution < -0.4 is 14.4 Å². The summed E-state index contributed by atoms with van der Waals surface area (Å²) >= 11 is 5.44. The Hall–Kier alpha value is -1.91. The quantitative estimate of drug-likeness (QED) is 0.383. The maximum atomic E-state index is 5.44. The molecule has 0 spiro atoms. The summed E-state index contributed by atoms with van der Waals surface area (Å²) in [6.07, 6.45) is 5.87. The van der Waals surface area contributed by atoms with Crippen LogP contribution in [0.1, 0.15) is 5.56 Å². The molecule has 0 radical (unpaired) electrons. The third-order valence-electron chi connectivity index (χ3n) is 2.89. The molecule has 0 fully saturated rings. The van der Waals surface area contributed by atoms with Gasteiger partial charge in [-0.25, -0.2) is 9.40 Å². The number of anilines is 1. The summed E-state index contributed by atoms with van der Waals surface area (Å²) in [7, 11) is 1.93. The van der Waals surface area contributed by atoms with Gasteiger partial charge in [0, 0.05) is 24.7 Å². The van der Waals surface area contributed by atoms with Crippen molar-refractivity contribution in [1.29, 1.82) is 0 Å². The van der Waals surface area contributed by atoms with Gasteiger partial charge in [-0.3, -0.25) is 5.01 Å². The van der Waals surface area contributed by atoms with Gasteiger partial charge in [-0.15, -0.1) is 0 Å². The Kier molecular flexibility index (Phi) is 5.53. The number of hydrogen-bond donors (Lipinski definition) is 1. The second-order valence-corrected chi connectivity index (χ2v) is 4.62. The van der Waals surface area contributed by atoms with Crippen LogP contribution in [0.3, 0.4) is 0 Å². The highest BCUT2D eigenvalue weighted by molar-refractivity contribution is 6.13. The topological polar surface area (TPSA) is 31.5 Å². The lowest BCUT2D eigenvalue weighted by Gasteiger charge is -2.11. The maximum Gasteiger partial charge on any atom is 0.169 e. The van der Waals surface area contributed by atoms with Gasteiger partial charge in [-0.05, 0) is 23.9 Å². The number of nitrogens with one attached hydrogen (secondary N) is 1. The smallest absolute Gasteiger partial charge is 0.169 e. The normalized spacial score (nSPS) is 10.9. The van der Waals surface area contributed by atoms with Gasteiger partial charge in [0.1, 0.15) is 0 Å². The van der Waals surface area contributed by atoms with Crippen molar-refractivity contribution in [2.45, 2.75) is 6.54 Å². The fraction of sp³-hybridized carbons (Fsp3) is 0.200. The summed E-state index contributed by atoms with van der Waals surface area (Å²) in [6.45, 7) is 1.57. The van der Waals surface area contributed by atoms with Gasteiger partial charge < -0.3 is 0 Å². The lowest BCUT2D eigenvalue weighted by molar-refractivity contribution is -0.694. The second kappa shape index (κ2) is 7.62. The number of pyridine rings is 1. The predicted molar refractivity (Wildman–Crippen MR) is 82.9 cm³/mol. The zero-order chi connectivity index (χ0) is 14.2. The average Bonchev–Trinajstić information content (AvgIpc) is 2.52. The lowest BCUT2D eigenvalue weighted by atomic mass is 10.3. The number of benzene rings is 1. The summed E-state index contributed by atoms with van der Waals surface area (Å²) in [5.41, 5.74) is 2.12. The van der Waals surface area contributed by atoms with Gasteiger partial charge in [0.05, 0.1) is 18.4 Å². The van der Waals surface area contributed by atoms with E-state index in [9.17, 15) is 0 Å². The third-order valence-corrected chi connectivity index (χ3v) is 3.08. The van der Waals surface area contributed by atoms with Crippen LogP contribution in [0.2, 0.25) is 0 Å². The summed E-state index contributed by atoms with van der Waals surface area (Å²) in [5.74, 6) is 0. The minimum absolute atomic E-state index is 0.733. The highest BCUT2D eigenvalue weighted by Crippen LogP contribution is 2.10. The van der Waals surface area contributed by atoms with Gasteiger partial charge in [0.25, 0.3) is 0 Å². The van der Waals surface area contributed by atoms with E-state index < -0.39 is 0 Å². The fourth-order valence-corrected chi connectivity index (χ4v) is 1.82. The summed E-state index contributed by atoms with van der Waals surface area (Å²) in [4.78, 5) is 2.61. The standard InChI is InChI=1S/C15H18ClN4/c1-19(15-5-3-2-4-6-15)18-13-14-7-10-20(11-8-14)12-9-17-16/h2-8,10-11,13,17H,9,12H2,1H3/q+1. The molecule has 5 heteroatoms. The molecule has 0 amide bonds. The molecule has 2 rings (SSSR count). The summed E-state index contributed by atoms with van der Waals surface area (Å²) in [5, 5.41) is 6.27. The Morgan fingerprint density at radius 1 is 1.20 bits per heavy atom. The Labute approximate surface area is 124 Å². The molecule has 2 aromatic rings. The number of hydrazone groups is 1. The molecule has 1 aromatic carbocycles. The van der Waals surface area contributed by atoms with E-state index in [1.807, 2.05) is 73.1 Å². The van der Waals surface area contributed by atoms with Crippen molar-refractivity contribution in [3.05, 3.63) is 60.4 Å². The molecule has 104 valence electrons. The van der Waals surface area contributed by atoms with Crippen LogP contribution >= 0.6 is 11.8 Å². The molecular weight excluding hydrogens is 272 g/mol. The molecule has 0 saturated heterocycles. The van der Waals surface area contributed by atoms with Crippen molar-refractivity contribution < 1.29 is 4.57 Å². The first kappa shape index (κ1) is 14.5. The lowest BCUT2D eigenvalue weighted by Crippen LogP contribution is -2.36. The van der Waals surface area contributed by atoms with E-state index in [1.165, 1.54) is 0 Å². The second-order valence-electron chi connectivity index (χ2n) is 4.36. The molecule has 0 atom stereocenters. The van der Waals surface area contributed by atoms with Gasteiger partial charge >= 0.3 is 0 Å². The molecule has 0 aliphatic rings. The molecule has 20 heavy (non-hydrogen) atoms. The number of nitrogens with zero attached hydrogens (tertiary/aromatic N) is 3. The fourth-order valence-electron chi connectivity index (χ4n) is 1.74. The average molecular weight is 290 g/mol. The SMILES string of the molecule is CN(/N=C\c1cc[n+](CCNCl)cc1)c1ccccc1. The largest absolute Gasteiger partial charge is 0.269 e. The first-order valence-electron chi connectivity index (χ1n) is 6.45.